The van der Waals surface area contributed by atoms with Crippen molar-refractivity contribution in [2.24, 2.45) is 0 Å². The number of ether oxygens (including phenoxy) is 4. The van der Waals surface area contributed by atoms with Gasteiger partial charge in [0.25, 0.3) is 21.9 Å². The molecule has 1 atom stereocenters. The number of Topliss-reactive ketones (excluding diaryl/α,β-unsaturated/α-hetero) is 1. The summed E-state index contributed by atoms with van der Waals surface area (Å²) in [5, 5.41) is 24.5. The molecular weight excluding hydrogens is 927 g/mol. The van der Waals surface area contributed by atoms with E-state index in [-0.39, 0.29) is 47.7 Å². The molecule has 3 N–H and O–H groups in total. The van der Waals surface area contributed by atoms with Crippen LogP contribution in [0.25, 0.3) is 0 Å². The quantitative estimate of drug-likeness (QED) is 0.0140. The Hall–Kier alpha value is -5.07. The second kappa shape index (κ2) is 23.0. The van der Waals surface area contributed by atoms with Gasteiger partial charge in [0.1, 0.15) is 12.4 Å². The molecule has 0 spiro atoms. The third-order valence-electron chi connectivity index (χ3n) is 12.4. The van der Waals surface area contributed by atoms with Gasteiger partial charge in [-0.05, 0) is 87.7 Å². The number of carbonyl (C=O) groups is 4. The Kier molecular flexibility index (Phi) is 17.7. The highest BCUT2D eigenvalue weighted by Crippen LogP contribution is 2.52. The van der Waals surface area contributed by atoms with Crippen LogP contribution in [0.15, 0.2) is 93.1 Å². The summed E-state index contributed by atoms with van der Waals surface area (Å²) in [7, 11) is -1.45. The maximum Gasteiger partial charge on any atom is 0.333 e. The van der Waals surface area contributed by atoms with Crippen LogP contribution in [-0.4, -0.2) is 129 Å². The number of nitrogens with zero attached hydrogens (tertiary/aromatic N) is 3. The van der Waals surface area contributed by atoms with Crippen molar-refractivity contribution >= 4 is 62.8 Å². The van der Waals surface area contributed by atoms with Crippen molar-refractivity contribution in [1.82, 2.24) is 5.06 Å². The van der Waals surface area contributed by atoms with Gasteiger partial charge in [-0.25, -0.2) is 10.1 Å². The van der Waals surface area contributed by atoms with Gasteiger partial charge >= 0.3 is 5.97 Å². The number of hydroxylamine groups is 2. The Bertz CT molecular complexity index is 2520. The van der Waals surface area contributed by atoms with E-state index in [4.69, 9.17) is 29.0 Å². The lowest BCUT2D eigenvalue weighted by molar-refractivity contribution is -0.442. The Labute approximate surface area is 399 Å². The van der Waals surface area contributed by atoms with Crippen LogP contribution in [0.4, 0.5) is 11.4 Å². The van der Waals surface area contributed by atoms with Gasteiger partial charge < -0.3 is 33.8 Å². The predicted octanol–water partition coefficient (Wildman–Crippen LogP) is 6.16. The highest BCUT2D eigenvalue weighted by Gasteiger charge is 2.46. The number of amides is 2. The fourth-order valence-electron chi connectivity index (χ4n) is 8.80. The topological polar surface area (TPSA) is 237 Å². The van der Waals surface area contributed by atoms with Crippen LogP contribution in [0, 0.1) is 0 Å². The number of hydrogen-bond acceptors (Lipinski definition) is 17. The van der Waals surface area contributed by atoms with Crippen LogP contribution >= 0.6 is 12.0 Å². The fourth-order valence-corrected chi connectivity index (χ4v) is 9.71. The summed E-state index contributed by atoms with van der Waals surface area (Å²) in [4.78, 5) is 57.6. The predicted molar refractivity (Wildman–Crippen MR) is 246 cm³/mol. The average molecular weight is 985 g/mol. The minimum atomic E-state index is -4.60. The SMILES string of the molecule is COCCOCCN1C(=CC=C2C(=O)C(C=CC3=[N+](CCOCCOC)c4ccc(SOOO)cc4C3(C)C)=C2O)C(C)(CCCCCC(=O)ON2C(=O)CCC2=O)c2cc(S(=O)(=O)O)ccc21. The second-order valence-corrected chi connectivity index (χ2v) is 19.3. The third-order valence-corrected chi connectivity index (χ3v) is 13.8. The molecule has 1 aliphatic carbocycles. The van der Waals surface area contributed by atoms with Gasteiger partial charge in [-0.2, -0.15) is 13.0 Å². The van der Waals surface area contributed by atoms with E-state index in [1.54, 1.807) is 32.4 Å². The normalized spacial score (nSPS) is 20.2. The van der Waals surface area contributed by atoms with Crippen molar-refractivity contribution in [3.05, 3.63) is 94.4 Å². The maximum absolute atomic E-state index is 13.9. The molecule has 368 valence electrons. The van der Waals surface area contributed by atoms with Gasteiger partial charge in [-0.15, -0.1) is 9.40 Å². The van der Waals surface area contributed by atoms with Crippen molar-refractivity contribution in [3.63, 3.8) is 0 Å². The van der Waals surface area contributed by atoms with Crippen molar-refractivity contribution in [3.8, 4) is 0 Å². The number of aliphatic hydroxyl groups is 1. The van der Waals surface area contributed by atoms with Crippen molar-refractivity contribution in [2.75, 3.05) is 71.9 Å². The van der Waals surface area contributed by atoms with Crippen molar-refractivity contribution in [2.45, 2.75) is 86.3 Å². The number of fused-ring (bicyclic) bond motifs is 2. The number of allylic oxidation sites excluding steroid dienone is 7. The lowest BCUT2D eigenvalue weighted by Crippen LogP contribution is -2.32. The standard InChI is InChI=1S/C47H57N3O16S2/c1-46(2)35-29-31(67-66-65-56)10-14-37(35)48(21-23-62-27-25-60-4)39(46)16-12-33-44(54)34(45(33)55)13-17-40-47(3,20-8-6-7-9-43(53)64-50-41(51)18-19-42(50)52)36-30-32(68(57,58)59)11-15-38(36)49(40)22-24-63-28-26-61-5/h10-17,29-30H,6-9,18-28H2,1-5H3,(H2,56,57,58,59)/p+1. The largest absolute Gasteiger partial charge is 0.506 e. The summed E-state index contributed by atoms with van der Waals surface area (Å²) >= 11 is 0.843. The molecule has 3 aliphatic heterocycles. The molecule has 0 saturated carbocycles. The molecule has 2 aromatic rings. The number of carbonyl (C=O) groups excluding carboxylic acids is 4. The van der Waals surface area contributed by atoms with Crippen LogP contribution in [0.5, 0.6) is 0 Å². The molecule has 3 heterocycles. The molecule has 4 aliphatic rings. The summed E-state index contributed by atoms with van der Waals surface area (Å²) in [6, 6.07) is 10.0. The van der Waals surface area contributed by atoms with Gasteiger partial charge in [-0.1, -0.05) is 17.9 Å². The van der Waals surface area contributed by atoms with E-state index < -0.39 is 44.5 Å². The molecule has 0 aromatic heterocycles. The number of imide groups is 1. The maximum atomic E-state index is 13.9. The molecule has 6 rings (SSSR count). The Morgan fingerprint density at radius 2 is 1.57 bits per heavy atom. The van der Waals surface area contributed by atoms with Crippen LogP contribution < -0.4 is 4.90 Å². The molecule has 1 fully saturated rings. The van der Waals surface area contributed by atoms with Crippen LogP contribution in [-0.2, 0) is 73.3 Å². The van der Waals surface area contributed by atoms with E-state index in [1.807, 2.05) is 49.9 Å². The molecule has 68 heavy (non-hydrogen) atoms. The van der Waals surface area contributed by atoms with Crippen LogP contribution in [0.2, 0.25) is 0 Å². The first kappa shape index (κ1) is 52.3. The van der Waals surface area contributed by atoms with Gasteiger partial charge in [0.15, 0.2) is 12.3 Å². The number of ketones is 1. The highest BCUT2D eigenvalue weighted by molar-refractivity contribution is 7.94. The van der Waals surface area contributed by atoms with Gasteiger partial charge in [-0.3, -0.25) is 18.9 Å². The molecule has 2 aromatic carbocycles. The third kappa shape index (κ3) is 11.7. The number of anilines is 1. The zero-order chi connectivity index (χ0) is 49.2. The summed E-state index contributed by atoms with van der Waals surface area (Å²) in [5.41, 5.74) is 3.24. The summed E-state index contributed by atoms with van der Waals surface area (Å²) in [6.45, 7) is 8.91. The highest BCUT2D eigenvalue weighted by atomic mass is 32.2. The molecule has 1 unspecified atom stereocenters. The van der Waals surface area contributed by atoms with Crippen LogP contribution in [0.1, 0.15) is 76.8 Å². The van der Waals surface area contributed by atoms with Crippen molar-refractivity contribution < 1.29 is 80.2 Å². The molecule has 2 amide bonds. The van der Waals surface area contributed by atoms with Gasteiger partial charge in [0.2, 0.25) is 11.5 Å². The molecule has 19 nitrogen and oxygen atoms in total. The zero-order valence-corrected chi connectivity index (χ0v) is 40.3. The van der Waals surface area contributed by atoms with Crippen LogP contribution in [0.3, 0.4) is 0 Å². The van der Waals surface area contributed by atoms with Gasteiger partial charge in [0.05, 0.1) is 66.5 Å². The van der Waals surface area contributed by atoms with Gasteiger partial charge in [0, 0.05) is 79.4 Å². The first-order chi connectivity index (χ1) is 32.5. The number of benzene rings is 2. The molecular formula is C47H58N3O16S2+. The lowest BCUT2D eigenvalue weighted by atomic mass is 9.76. The molecule has 1 saturated heterocycles. The van der Waals surface area contributed by atoms with Crippen molar-refractivity contribution in [1.29, 1.82) is 0 Å². The first-order valence-electron chi connectivity index (χ1n) is 22.1. The summed E-state index contributed by atoms with van der Waals surface area (Å²) < 4.78 is 63.6. The minimum Gasteiger partial charge on any atom is -0.506 e. The monoisotopic (exact) mass is 984 g/mol. The lowest BCUT2D eigenvalue weighted by Gasteiger charge is -2.31. The molecule has 0 bridgehead atoms. The van der Waals surface area contributed by atoms with E-state index >= 15 is 0 Å². The van der Waals surface area contributed by atoms with E-state index in [0.717, 1.165) is 29.0 Å². The number of methoxy groups -OCH3 is 2. The summed E-state index contributed by atoms with van der Waals surface area (Å²) in [5.74, 6) is -2.46. The average Bonchev–Trinajstić information content (AvgIpc) is 3.82. The molecule has 0 radical (unpaired) electrons. The molecule has 21 heteroatoms. The fraction of sp³-hybridized carbons (Fsp3) is 0.468. The Morgan fingerprint density at radius 3 is 2.24 bits per heavy atom. The van der Waals surface area contributed by atoms with E-state index in [0.29, 0.717) is 98.7 Å². The smallest absolute Gasteiger partial charge is 0.333 e. The van der Waals surface area contributed by atoms with E-state index in [2.05, 4.69) is 13.9 Å². The summed E-state index contributed by atoms with van der Waals surface area (Å²) in [6.07, 6.45) is 8.40. The van der Waals surface area contributed by atoms with E-state index in [1.165, 1.54) is 18.2 Å². The minimum absolute atomic E-state index is 0.0151. The number of unbranched alkanes of at least 4 members (excludes halogenated alkanes) is 2. The second-order valence-electron chi connectivity index (χ2n) is 17.1. The number of aliphatic hydroxyl groups excluding tert-OH is 1. The first-order valence-corrected chi connectivity index (χ1v) is 24.3. The number of rotatable bonds is 26. The Morgan fingerprint density at radius 1 is 0.868 bits per heavy atom. The zero-order valence-electron chi connectivity index (χ0n) is 38.7. The Balaban J connectivity index is 1.29. The van der Waals surface area contributed by atoms with E-state index in [9.17, 15) is 37.3 Å². The number of hydrogen-bond donors (Lipinski definition) is 3.